The SMILES string of the molecule is NC(=O)c1cc(F)cc2[nH]c(C3Cc4ccccc4N3)nc12. The van der Waals surface area contributed by atoms with E-state index in [1.54, 1.807) is 0 Å². The highest BCUT2D eigenvalue weighted by atomic mass is 19.1. The summed E-state index contributed by atoms with van der Waals surface area (Å²) in [5.74, 6) is -0.538. The van der Waals surface area contributed by atoms with Crippen molar-refractivity contribution in [1.82, 2.24) is 9.97 Å². The predicted molar refractivity (Wildman–Crippen MR) is 81.1 cm³/mol. The molecule has 1 aliphatic rings. The number of aromatic amines is 1. The number of amides is 1. The molecule has 0 bridgehead atoms. The second-order valence-electron chi connectivity index (χ2n) is 5.39. The van der Waals surface area contributed by atoms with E-state index in [-0.39, 0.29) is 11.6 Å². The molecule has 2 heterocycles. The molecule has 1 unspecified atom stereocenters. The van der Waals surface area contributed by atoms with Crippen molar-refractivity contribution < 1.29 is 9.18 Å². The fourth-order valence-electron chi connectivity index (χ4n) is 2.92. The Balaban J connectivity index is 1.78. The van der Waals surface area contributed by atoms with Crippen molar-refractivity contribution in [1.29, 1.82) is 0 Å². The van der Waals surface area contributed by atoms with Crippen molar-refractivity contribution in [3.63, 3.8) is 0 Å². The zero-order valence-electron chi connectivity index (χ0n) is 11.6. The maximum absolute atomic E-state index is 13.6. The third-order valence-electron chi connectivity index (χ3n) is 3.94. The molecule has 5 nitrogen and oxygen atoms in total. The first-order chi connectivity index (χ1) is 10.6. The van der Waals surface area contributed by atoms with Gasteiger partial charge in [0.1, 0.15) is 17.2 Å². The molecule has 4 rings (SSSR count). The lowest BCUT2D eigenvalue weighted by molar-refractivity contribution is 0.100. The molecule has 2 aromatic carbocycles. The molecule has 0 spiro atoms. The summed E-state index contributed by atoms with van der Waals surface area (Å²) in [5.41, 5.74) is 8.54. The number of halogens is 1. The van der Waals surface area contributed by atoms with Crippen molar-refractivity contribution in [3.05, 3.63) is 59.2 Å². The zero-order valence-corrected chi connectivity index (χ0v) is 11.6. The third kappa shape index (κ3) is 1.92. The van der Waals surface area contributed by atoms with E-state index in [4.69, 9.17) is 5.73 Å². The van der Waals surface area contributed by atoms with E-state index in [2.05, 4.69) is 21.4 Å². The molecular weight excluding hydrogens is 283 g/mol. The number of nitrogens with two attached hydrogens (primary N) is 1. The average molecular weight is 296 g/mol. The monoisotopic (exact) mass is 296 g/mol. The number of rotatable bonds is 2. The highest BCUT2D eigenvalue weighted by molar-refractivity contribution is 6.04. The van der Waals surface area contributed by atoms with Crippen molar-refractivity contribution in [2.75, 3.05) is 5.32 Å². The maximum atomic E-state index is 13.6. The molecule has 1 aromatic heterocycles. The molecule has 0 aliphatic carbocycles. The maximum Gasteiger partial charge on any atom is 0.251 e. The number of aromatic nitrogens is 2. The summed E-state index contributed by atoms with van der Waals surface area (Å²) in [6.45, 7) is 0. The first-order valence-corrected chi connectivity index (χ1v) is 6.95. The normalized spacial score (nSPS) is 16.5. The number of para-hydroxylation sites is 1. The zero-order chi connectivity index (χ0) is 15.3. The van der Waals surface area contributed by atoms with E-state index in [0.717, 1.165) is 18.2 Å². The Morgan fingerprint density at radius 1 is 1.32 bits per heavy atom. The van der Waals surface area contributed by atoms with Gasteiger partial charge in [0.2, 0.25) is 0 Å². The van der Waals surface area contributed by atoms with Crippen LogP contribution in [0.4, 0.5) is 10.1 Å². The lowest BCUT2D eigenvalue weighted by Gasteiger charge is -2.06. The van der Waals surface area contributed by atoms with Gasteiger partial charge in [-0.3, -0.25) is 4.79 Å². The lowest BCUT2D eigenvalue weighted by Crippen LogP contribution is -2.12. The molecule has 4 N–H and O–H groups in total. The van der Waals surface area contributed by atoms with Crippen molar-refractivity contribution in [2.45, 2.75) is 12.5 Å². The van der Waals surface area contributed by atoms with Crippen LogP contribution in [0, 0.1) is 5.82 Å². The topological polar surface area (TPSA) is 83.8 Å². The van der Waals surface area contributed by atoms with Crippen molar-refractivity contribution >= 4 is 22.6 Å². The summed E-state index contributed by atoms with van der Waals surface area (Å²) in [6, 6.07) is 10.4. The van der Waals surface area contributed by atoms with Gasteiger partial charge >= 0.3 is 0 Å². The number of carbonyl (C=O) groups excluding carboxylic acids is 1. The van der Waals surface area contributed by atoms with Gasteiger partial charge in [-0.1, -0.05) is 18.2 Å². The highest BCUT2D eigenvalue weighted by Crippen LogP contribution is 2.33. The number of primary amides is 1. The molecular formula is C16H13FN4O. The second kappa shape index (κ2) is 4.56. The number of nitrogens with one attached hydrogen (secondary N) is 2. The van der Waals surface area contributed by atoms with Crippen LogP contribution in [0.15, 0.2) is 36.4 Å². The van der Waals surface area contributed by atoms with Crippen LogP contribution in [0.5, 0.6) is 0 Å². The molecule has 0 saturated carbocycles. The Kier molecular flexibility index (Phi) is 2.66. The average Bonchev–Trinajstić information content (AvgIpc) is 3.09. The fourth-order valence-corrected chi connectivity index (χ4v) is 2.92. The minimum atomic E-state index is -0.690. The van der Waals surface area contributed by atoms with Gasteiger partial charge in [0, 0.05) is 12.1 Å². The molecule has 1 aliphatic heterocycles. The summed E-state index contributed by atoms with van der Waals surface area (Å²) in [7, 11) is 0. The Hall–Kier alpha value is -2.89. The summed E-state index contributed by atoms with van der Waals surface area (Å²) < 4.78 is 13.6. The fraction of sp³-hybridized carbons (Fsp3) is 0.125. The molecule has 6 heteroatoms. The van der Waals surface area contributed by atoms with Gasteiger partial charge in [-0.15, -0.1) is 0 Å². The van der Waals surface area contributed by atoms with E-state index in [1.165, 1.54) is 11.6 Å². The Bertz CT molecular complexity index is 877. The third-order valence-corrected chi connectivity index (χ3v) is 3.94. The number of H-pyrrole nitrogens is 1. The first kappa shape index (κ1) is 12.8. The number of hydrogen-bond donors (Lipinski definition) is 3. The van der Waals surface area contributed by atoms with E-state index >= 15 is 0 Å². The van der Waals surface area contributed by atoms with E-state index in [0.29, 0.717) is 16.9 Å². The number of hydrogen-bond acceptors (Lipinski definition) is 3. The van der Waals surface area contributed by atoms with Crippen LogP contribution >= 0.6 is 0 Å². The number of fused-ring (bicyclic) bond motifs is 2. The van der Waals surface area contributed by atoms with Crippen LogP contribution in [0.1, 0.15) is 27.8 Å². The summed E-state index contributed by atoms with van der Waals surface area (Å²) in [6.07, 6.45) is 0.782. The van der Waals surface area contributed by atoms with Crippen molar-refractivity contribution in [2.24, 2.45) is 5.73 Å². The number of benzene rings is 2. The van der Waals surface area contributed by atoms with Gasteiger partial charge in [0.15, 0.2) is 0 Å². The second-order valence-corrected chi connectivity index (χ2v) is 5.39. The summed E-state index contributed by atoms with van der Waals surface area (Å²) in [4.78, 5) is 19.0. The molecule has 3 aromatic rings. The molecule has 1 amide bonds. The first-order valence-electron chi connectivity index (χ1n) is 6.95. The van der Waals surface area contributed by atoms with Gasteiger partial charge in [-0.05, 0) is 23.8 Å². The van der Waals surface area contributed by atoms with Crippen LogP contribution < -0.4 is 11.1 Å². The number of imidazole rings is 1. The smallest absolute Gasteiger partial charge is 0.251 e. The Morgan fingerprint density at radius 2 is 2.14 bits per heavy atom. The van der Waals surface area contributed by atoms with E-state index < -0.39 is 11.7 Å². The number of nitrogens with zero attached hydrogens (tertiary/aromatic N) is 1. The number of carbonyl (C=O) groups is 1. The molecule has 110 valence electrons. The largest absolute Gasteiger partial charge is 0.375 e. The molecule has 0 fully saturated rings. The van der Waals surface area contributed by atoms with Gasteiger partial charge in [0.25, 0.3) is 5.91 Å². The summed E-state index contributed by atoms with van der Waals surface area (Å²) >= 11 is 0. The quantitative estimate of drug-likeness (QED) is 0.679. The molecule has 1 atom stereocenters. The standard InChI is InChI=1S/C16H13FN4O/c17-9-6-10(15(18)22)14-12(7-9)20-16(21-14)13-5-8-3-1-2-4-11(8)19-13/h1-4,6-7,13,19H,5H2,(H2,18,22)(H,20,21). The van der Waals surface area contributed by atoms with Gasteiger partial charge < -0.3 is 16.0 Å². The minimum Gasteiger partial charge on any atom is -0.375 e. The lowest BCUT2D eigenvalue weighted by atomic mass is 10.1. The van der Waals surface area contributed by atoms with Crippen LogP contribution in [0.2, 0.25) is 0 Å². The molecule has 22 heavy (non-hydrogen) atoms. The molecule has 0 radical (unpaired) electrons. The van der Waals surface area contributed by atoms with E-state index in [9.17, 15) is 9.18 Å². The van der Waals surface area contributed by atoms with Gasteiger partial charge in [-0.2, -0.15) is 0 Å². The van der Waals surface area contributed by atoms with Crippen LogP contribution in [0.3, 0.4) is 0 Å². The van der Waals surface area contributed by atoms with Crippen LogP contribution in [-0.4, -0.2) is 15.9 Å². The predicted octanol–water partition coefficient (Wildman–Crippen LogP) is 2.51. The minimum absolute atomic E-state index is 0.0337. The Labute approximate surface area is 125 Å². The van der Waals surface area contributed by atoms with Crippen LogP contribution in [0.25, 0.3) is 11.0 Å². The van der Waals surface area contributed by atoms with E-state index in [1.807, 2.05) is 18.2 Å². The van der Waals surface area contributed by atoms with Crippen LogP contribution in [-0.2, 0) is 6.42 Å². The summed E-state index contributed by atoms with van der Waals surface area (Å²) in [5, 5.41) is 3.37. The highest BCUT2D eigenvalue weighted by Gasteiger charge is 2.25. The molecule has 0 saturated heterocycles. The number of anilines is 1. The van der Waals surface area contributed by atoms with Gasteiger partial charge in [0.05, 0.1) is 17.1 Å². The van der Waals surface area contributed by atoms with Crippen molar-refractivity contribution in [3.8, 4) is 0 Å². The van der Waals surface area contributed by atoms with Gasteiger partial charge in [-0.25, -0.2) is 9.37 Å². The Morgan fingerprint density at radius 3 is 2.91 bits per heavy atom.